The Bertz CT molecular complexity index is 527. The lowest BCUT2D eigenvalue weighted by Crippen LogP contribution is -2.31. The van der Waals surface area contributed by atoms with Crippen LogP contribution in [0.5, 0.6) is 0 Å². The van der Waals surface area contributed by atoms with Crippen LogP contribution in [0.2, 0.25) is 0 Å². The van der Waals surface area contributed by atoms with Crippen LogP contribution in [0, 0.1) is 0 Å². The molecule has 1 aromatic heterocycles. The first kappa shape index (κ1) is 15.8. The first-order valence-corrected chi connectivity index (χ1v) is 7.61. The van der Waals surface area contributed by atoms with Crippen LogP contribution >= 0.6 is 11.8 Å². The Morgan fingerprint density at radius 3 is 2.89 bits per heavy atom. The van der Waals surface area contributed by atoms with Gasteiger partial charge in [0, 0.05) is 19.3 Å². The van der Waals surface area contributed by atoms with E-state index in [1.807, 2.05) is 5.48 Å². The monoisotopic (exact) mass is 310 g/mol. The largest absolute Gasteiger partial charge is 0.290 e. The van der Waals surface area contributed by atoms with Crippen molar-refractivity contribution >= 4 is 27.8 Å². The highest BCUT2D eigenvalue weighted by molar-refractivity contribution is 7.99. The SMILES string of the molecule is CN=C(NO)c1nonc1SCCCNS(N)(=O)=O. The molecule has 0 aromatic carbocycles. The number of thioether (sulfide) groups is 1. The predicted octanol–water partition coefficient (Wildman–Crippen LogP) is -1.30. The summed E-state index contributed by atoms with van der Waals surface area (Å²) in [6.45, 7) is 0.222. The van der Waals surface area contributed by atoms with Crippen molar-refractivity contribution in [2.75, 3.05) is 19.3 Å². The second kappa shape index (κ2) is 7.40. The summed E-state index contributed by atoms with van der Waals surface area (Å²) in [5.41, 5.74) is 2.17. The van der Waals surface area contributed by atoms with E-state index >= 15 is 0 Å². The number of hydrogen-bond acceptors (Lipinski definition) is 8. The first-order chi connectivity index (χ1) is 8.98. The average Bonchev–Trinajstić information content (AvgIpc) is 2.77. The van der Waals surface area contributed by atoms with Gasteiger partial charge in [0.2, 0.25) is 0 Å². The van der Waals surface area contributed by atoms with E-state index in [4.69, 9.17) is 10.3 Å². The third-order valence-electron chi connectivity index (χ3n) is 1.88. The van der Waals surface area contributed by atoms with Gasteiger partial charge in [0.15, 0.2) is 16.6 Å². The topological polar surface area (TPSA) is 156 Å². The van der Waals surface area contributed by atoms with E-state index < -0.39 is 10.2 Å². The molecular formula is C7H14N6O4S2. The Hall–Kier alpha value is -1.21. The van der Waals surface area contributed by atoms with Crippen molar-refractivity contribution in [2.24, 2.45) is 10.1 Å². The van der Waals surface area contributed by atoms with Gasteiger partial charge in [-0.1, -0.05) is 0 Å². The van der Waals surface area contributed by atoms with Gasteiger partial charge in [-0.3, -0.25) is 15.7 Å². The highest BCUT2D eigenvalue weighted by Crippen LogP contribution is 2.19. The number of rotatable bonds is 7. The van der Waals surface area contributed by atoms with Crippen LogP contribution in [0.1, 0.15) is 12.1 Å². The fourth-order valence-corrected chi connectivity index (χ4v) is 2.35. The van der Waals surface area contributed by atoms with E-state index in [2.05, 4.69) is 24.7 Å². The van der Waals surface area contributed by atoms with Gasteiger partial charge in [0.1, 0.15) is 0 Å². The minimum Gasteiger partial charge on any atom is -0.290 e. The first-order valence-electron chi connectivity index (χ1n) is 5.08. The molecule has 0 fully saturated rings. The molecule has 0 saturated carbocycles. The molecule has 5 N–H and O–H groups in total. The summed E-state index contributed by atoms with van der Waals surface area (Å²) in [5.74, 6) is 0.693. The zero-order valence-corrected chi connectivity index (χ0v) is 11.7. The van der Waals surface area contributed by atoms with Gasteiger partial charge < -0.3 is 0 Å². The molecule has 0 aliphatic carbocycles. The molecule has 1 aromatic rings. The molecule has 12 heteroatoms. The second-order valence-electron chi connectivity index (χ2n) is 3.24. The van der Waals surface area contributed by atoms with Crippen LogP contribution in [0.4, 0.5) is 0 Å². The Balaban J connectivity index is 2.44. The molecule has 0 aliphatic rings. The van der Waals surface area contributed by atoms with Crippen molar-refractivity contribution in [2.45, 2.75) is 11.4 Å². The van der Waals surface area contributed by atoms with Crippen LogP contribution < -0.4 is 15.3 Å². The Morgan fingerprint density at radius 2 is 2.32 bits per heavy atom. The molecule has 1 rings (SSSR count). The van der Waals surface area contributed by atoms with Crippen molar-refractivity contribution in [1.82, 2.24) is 20.5 Å². The molecular weight excluding hydrogens is 296 g/mol. The lowest BCUT2D eigenvalue weighted by molar-refractivity contribution is 0.233. The van der Waals surface area contributed by atoms with E-state index in [9.17, 15) is 8.42 Å². The quantitative estimate of drug-likeness (QED) is 0.159. The van der Waals surface area contributed by atoms with Gasteiger partial charge in [-0.05, 0) is 16.7 Å². The maximum Gasteiger partial charge on any atom is 0.274 e. The van der Waals surface area contributed by atoms with Crippen LogP contribution in [0.15, 0.2) is 14.6 Å². The second-order valence-corrected chi connectivity index (χ2v) is 5.71. The molecule has 0 atom stereocenters. The summed E-state index contributed by atoms with van der Waals surface area (Å²) in [4.78, 5) is 3.76. The fraction of sp³-hybridized carbons (Fsp3) is 0.571. The van der Waals surface area contributed by atoms with E-state index in [0.29, 0.717) is 17.2 Å². The lowest BCUT2D eigenvalue weighted by Gasteiger charge is -2.02. The number of amidine groups is 1. The van der Waals surface area contributed by atoms with E-state index in [1.165, 1.54) is 18.8 Å². The highest BCUT2D eigenvalue weighted by Gasteiger charge is 2.15. The number of nitrogens with two attached hydrogens (primary N) is 1. The summed E-state index contributed by atoms with van der Waals surface area (Å²) in [6, 6.07) is 0. The maximum atomic E-state index is 10.6. The standard InChI is InChI=1S/C7H14N6O4S2/c1-9-6(11-14)5-7(13-17-12-5)18-4-2-3-10-19(8,15)16/h10,14H,2-4H2,1H3,(H,9,11)(H2,8,15,16). The van der Waals surface area contributed by atoms with Crippen LogP contribution in [0.25, 0.3) is 0 Å². The van der Waals surface area contributed by atoms with E-state index in [-0.39, 0.29) is 18.1 Å². The van der Waals surface area contributed by atoms with Gasteiger partial charge in [0.25, 0.3) is 10.2 Å². The maximum absolute atomic E-state index is 10.6. The number of aromatic nitrogens is 2. The molecule has 0 spiro atoms. The van der Waals surface area contributed by atoms with Crippen molar-refractivity contribution in [3.8, 4) is 0 Å². The molecule has 0 radical (unpaired) electrons. The molecule has 0 bridgehead atoms. The van der Waals surface area contributed by atoms with Crippen LogP contribution in [0.3, 0.4) is 0 Å². The van der Waals surface area contributed by atoms with Gasteiger partial charge in [-0.15, -0.1) is 11.8 Å². The molecule has 0 saturated heterocycles. The smallest absolute Gasteiger partial charge is 0.274 e. The molecule has 10 nitrogen and oxygen atoms in total. The zero-order chi connectivity index (χ0) is 14.3. The summed E-state index contributed by atoms with van der Waals surface area (Å²) in [6.07, 6.45) is 0.540. The van der Waals surface area contributed by atoms with Crippen molar-refractivity contribution in [3.05, 3.63) is 5.69 Å². The molecule has 0 amide bonds. The normalized spacial score (nSPS) is 12.7. The lowest BCUT2D eigenvalue weighted by atomic mass is 10.4. The summed E-state index contributed by atoms with van der Waals surface area (Å²) in [5, 5.41) is 21.3. The van der Waals surface area contributed by atoms with E-state index in [0.717, 1.165) is 0 Å². The summed E-state index contributed by atoms with van der Waals surface area (Å²) < 4.78 is 27.9. The van der Waals surface area contributed by atoms with Crippen LogP contribution in [-0.2, 0) is 10.2 Å². The van der Waals surface area contributed by atoms with Crippen molar-refractivity contribution < 1.29 is 18.3 Å². The molecule has 0 unspecified atom stereocenters. The van der Waals surface area contributed by atoms with Gasteiger partial charge in [0.05, 0.1) is 0 Å². The number of nitrogens with zero attached hydrogens (tertiary/aromatic N) is 3. The highest BCUT2D eigenvalue weighted by atomic mass is 32.2. The van der Waals surface area contributed by atoms with Crippen molar-refractivity contribution in [1.29, 1.82) is 0 Å². The fourth-order valence-electron chi connectivity index (χ4n) is 1.08. The minimum absolute atomic E-state index is 0.131. The number of hydrogen-bond donors (Lipinski definition) is 4. The molecule has 108 valence electrons. The Morgan fingerprint density at radius 1 is 1.58 bits per heavy atom. The molecule has 0 aliphatic heterocycles. The number of hydroxylamine groups is 1. The third-order valence-corrected chi connectivity index (χ3v) is 3.52. The predicted molar refractivity (Wildman–Crippen MR) is 68.1 cm³/mol. The molecule has 19 heavy (non-hydrogen) atoms. The molecule has 1 heterocycles. The third kappa shape index (κ3) is 5.52. The number of aliphatic imine (C=N–C) groups is 1. The van der Waals surface area contributed by atoms with Gasteiger partial charge in [-0.2, -0.15) is 8.42 Å². The zero-order valence-electron chi connectivity index (χ0n) is 10.0. The summed E-state index contributed by atoms with van der Waals surface area (Å²) >= 11 is 1.29. The van der Waals surface area contributed by atoms with Gasteiger partial charge >= 0.3 is 0 Å². The van der Waals surface area contributed by atoms with Crippen molar-refractivity contribution in [3.63, 3.8) is 0 Å². The Kier molecular flexibility index (Phi) is 6.17. The van der Waals surface area contributed by atoms with Gasteiger partial charge in [-0.25, -0.2) is 14.5 Å². The Labute approximate surface area is 113 Å². The van der Waals surface area contributed by atoms with E-state index in [1.54, 1.807) is 0 Å². The minimum atomic E-state index is -3.66. The summed E-state index contributed by atoms with van der Waals surface area (Å²) in [7, 11) is -2.19. The van der Waals surface area contributed by atoms with Crippen LogP contribution in [-0.4, -0.2) is 49.1 Å². The average molecular weight is 310 g/mol. The number of nitrogens with one attached hydrogen (secondary N) is 2.